The van der Waals surface area contributed by atoms with Crippen LogP contribution in [0.15, 0.2) is 35.1 Å². The highest BCUT2D eigenvalue weighted by Crippen LogP contribution is 2.18. The number of unbranched alkanes of at least 4 members (excludes halogenated alkanes) is 1. The van der Waals surface area contributed by atoms with Gasteiger partial charge >= 0.3 is 0 Å². The molecule has 2 heterocycles. The number of benzene rings is 1. The molecule has 0 bridgehead atoms. The Morgan fingerprint density at radius 1 is 1.15 bits per heavy atom. The van der Waals surface area contributed by atoms with Gasteiger partial charge in [0.15, 0.2) is 0 Å². The number of aromatic nitrogens is 2. The van der Waals surface area contributed by atoms with E-state index in [-0.39, 0.29) is 5.56 Å². The SMILES string of the molecule is Cn1[nH]c(=O)cc1NCCCCOc1cccc(CN2CCCCC2)c1. The van der Waals surface area contributed by atoms with Crippen molar-refractivity contribution in [2.24, 2.45) is 7.05 Å². The predicted molar refractivity (Wildman–Crippen MR) is 105 cm³/mol. The first-order chi connectivity index (χ1) is 12.7. The molecule has 6 nitrogen and oxygen atoms in total. The van der Waals surface area contributed by atoms with Crippen molar-refractivity contribution in [1.29, 1.82) is 0 Å². The zero-order valence-corrected chi connectivity index (χ0v) is 15.7. The van der Waals surface area contributed by atoms with Crippen LogP contribution in [-0.2, 0) is 13.6 Å². The maximum absolute atomic E-state index is 11.2. The van der Waals surface area contributed by atoms with E-state index < -0.39 is 0 Å². The lowest BCUT2D eigenvalue weighted by Gasteiger charge is -2.26. The summed E-state index contributed by atoms with van der Waals surface area (Å²) in [6, 6.07) is 10.1. The Morgan fingerprint density at radius 2 is 2.00 bits per heavy atom. The van der Waals surface area contributed by atoms with Crippen LogP contribution in [0, 0.1) is 0 Å². The Balaban J connectivity index is 1.34. The number of nitrogens with one attached hydrogen (secondary N) is 2. The Labute approximate surface area is 155 Å². The molecule has 1 aliphatic rings. The number of H-pyrrole nitrogens is 1. The third kappa shape index (κ3) is 5.66. The van der Waals surface area contributed by atoms with Gasteiger partial charge in [-0.3, -0.25) is 19.5 Å². The van der Waals surface area contributed by atoms with Gasteiger partial charge in [0.1, 0.15) is 11.6 Å². The molecule has 1 aromatic carbocycles. The third-order valence-corrected chi connectivity index (χ3v) is 4.81. The average Bonchev–Trinajstić information content (AvgIpc) is 2.96. The van der Waals surface area contributed by atoms with Crippen LogP contribution in [0.25, 0.3) is 0 Å². The Kier molecular flexibility index (Phi) is 6.77. The highest BCUT2D eigenvalue weighted by Gasteiger charge is 2.10. The van der Waals surface area contributed by atoms with Crippen LogP contribution >= 0.6 is 0 Å². The number of anilines is 1. The first-order valence-corrected chi connectivity index (χ1v) is 9.65. The molecule has 1 fully saturated rings. The topological polar surface area (TPSA) is 62.3 Å². The molecule has 3 rings (SSSR count). The second kappa shape index (κ2) is 9.48. The predicted octanol–water partition coefficient (Wildman–Crippen LogP) is 2.97. The van der Waals surface area contributed by atoms with Crippen molar-refractivity contribution in [3.05, 3.63) is 46.2 Å². The first-order valence-electron chi connectivity index (χ1n) is 9.65. The lowest BCUT2D eigenvalue weighted by molar-refractivity contribution is 0.220. The molecule has 0 unspecified atom stereocenters. The van der Waals surface area contributed by atoms with Gasteiger partial charge in [0.05, 0.1) is 6.61 Å². The van der Waals surface area contributed by atoms with E-state index in [4.69, 9.17) is 4.74 Å². The summed E-state index contributed by atoms with van der Waals surface area (Å²) in [5.74, 6) is 1.78. The van der Waals surface area contributed by atoms with Gasteiger partial charge in [0.25, 0.3) is 5.56 Å². The maximum atomic E-state index is 11.2. The summed E-state index contributed by atoms with van der Waals surface area (Å²) in [6.07, 6.45) is 5.98. The average molecular weight is 358 g/mol. The molecule has 6 heteroatoms. The molecule has 142 valence electrons. The van der Waals surface area contributed by atoms with Crippen molar-refractivity contribution in [2.45, 2.75) is 38.6 Å². The molecule has 1 aromatic heterocycles. The highest BCUT2D eigenvalue weighted by atomic mass is 16.5. The van der Waals surface area contributed by atoms with Crippen LogP contribution in [0.1, 0.15) is 37.7 Å². The van der Waals surface area contributed by atoms with Crippen molar-refractivity contribution in [2.75, 3.05) is 31.6 Å². The number of rotatable bonds is 9. The quantitative estimate of drug-likeness (QED) is 0.677. The fourth-order valence-electron chi connectivity index (χ4n) is 3.39. The molecule has 0 saturated carbocycles. The molecule has 26 heavy (non-hydrogen) atoms. The maximum Gasteiger partial charge on any atom is 0.266 e. The van der Waals surface area contributed by atoms with Crippen LogP contribution in [0.3, 0.4) is 0 Å². The number of hydrogen-bond acceptors (Lipinski definition) is 4. The summed E-state index contributed by atoms with van der Waals surface area (Å²) >= 11 is 0. The van der Waals surface area contributed by atoms with Gasteiger partial charge in [-0.2, -0.15) is 0 Å². The summed E-state index contributed by atoms with van der Waals surface area (Å²) in [6.45, 7) is 4.98. The fourth-order valence-corrected chi connectivity index (χ4v) is 3.39. The van der Waals surface area contributed by atoms with E-state index in [0.29, 0.717) is 6.61 Å². The molecule has 2 N–H and O–H groups in total. The van der Waals surface area contributed by atoms with E-state index in [9.17, 15) is 4.79 Å². The van der Waals surface area contributed by atoms with Gasteiger partial charge < -0.3 is 10.1 Å². The minimum atomic E-state index is -0.0808. The number of ether oxygens (including phenoxy) is 1. The largest absolute Gasteiger partial charge is 0.494 e. The molecular formula is C20H30N4O2. The summed E-state index contributed by atoms with van der Waals surface area (Å²) < 4.78 is 7.61. The summed E-state index contributed by atoms with van der Waals surface area (Å²) in [5, 5.41) is 5.94. The van der Waals surface area contributed by atoms with Crippen LogP contribution < -0.4 is 15.6 Å². The monoisotopic (exact) mass is 358 g/mol. The smallest absolute Gasteiger partial charge is 0.266 e. The number of likely N-dealkylation sites (tertiary alicyclic amines) is 1. The molecule has 2 aromatic rings. The van der Waals surface area contributed by atoms with E-state index in [2.05, 4.69) is 33.5 Å². The zero-order chi connectivity index (χ0) is 18.2. The van der Waals surface area contributed by atoms with Crippen LogP contribution in [0.4, 0.5) is 5.82 Å². The van der Waals surface area contributed by atoms with Crippen LogP contribution in [-0.4, -0.2) is 40.9 Å². The standard InChI is InChI=1S/C20H30N4O2/c1-23-19(15-20(25)22-23)21-10-3-6-13-26-18-9-7-8-17(14-18)16-24-11-4-2-5-12-24/h7-9,14-15,21H,2-6,10-13,16H2,1H3,(H,22,25). The number of piperidine rings is 1. The van der Waals surface area contributed by atoms with Crippen molar-refractivity contribution >= 4 is 5.82 Å². The second-order valence-corrected chi connectivity index (χ2v) is 7.03. The van der Waals surface area contributed by atoms with E-state index in [1.807, 2.05) is 13.1 Å². The van der Waals surface area contributed by atoms with Gasteiger partial charge in [0.2, 0.25) is 0 Å². The normalized spacial score (nSPS) is 15.1. The number of aryl methyl sites for hydroxylation is 1. The molecule has 0 radical (unpaired) electrons. The Bertz CT molecular complexity index is 731. The van der Waals surface area contributed by atoms with Gasteiger partial charge in [0, 0.05) is 26.2 Å². The van der Waals surface area contributed by atoms with Gasteiger partial charge in [-0.15, -0.1) is 0 Å². The molecular weight excluding hydrogens is 328 g/mol. The van der Waals surface area contributed by atoms with Crippen molar-refractivity contribution in [1.82, 2.24) is 14.7 Å². The summed E-state index contributed by atoms with van der Waals surface area (Å²) in [4.78, 5) is 13.7. The lowest BCUT2D eigenvalue weighted by atomic mass is 10.1. The van der Waals surface area contributed by atoms with Crippen molar-refractivity contribution in [3.8, 4) is 5.75 Å². The third-order valence-electron chi connectivity index (χ3n) is 4.81. The minimum absolute atomic E-state index is 0.0808. The van der Waals surface area contributed by atoms with Crippen LogP contribution in [0.5, 0.6) is 5.75 Å². The highest BCUT2D eigenvalue weighted by molar-refractivity contribution is 5.33. The molecule has 1 aliphatic heterocycles. The lowest BCUT2D eigenvalue weighted by Crippen LogP contribution is -2.29. The number of aromatic amines is 1. The molecule has 0 atom stereocenters. The summed E-state index contributed by atoms with van der Waals surface area (Å²) in [5.41, 5.74) is 1.25. The number of nitrogens with zero attached hydrogens (tertiary/aromatic N) is 2. The second-order valence-electron chi connectivity index (χ2n) is 7.03. The minimum Gasteiger partial charge on any atom is -0.494 e. The molecule has 0 amide bonds. The molecule has 1 saturated heterocycles. The van der Waals surface area contributed by atoms with Crippen LogP contribution in [0.2, 0.25) is 0 Å². The zero-order valence-electron chi connectivity index (χ0n) is 15.7. The summed E-state index contributed by atoms with van der Waals surface area (Å²) in [7, 11) is 1.82. The molecule has 0 aliphatic carbocycles. The number of hydrogen-bond donors (Lipinski definition) is 2. The van der Waals surface area contributed by atoms with Gasteiger partial charge in [-0.25, -0.2) is 0 Å². The van der Waals surface area contributed by atoms with Crippen molar-refractivity contribution < 1.29 is 4.74 Å². The van der Waals surface area contributed by atoms with E-state index in [1.54, 1.807) is 10.7 Å². The van der Waals surface area contributed by atoms with Crippen molar-refractivity contribution in [3.63, 3.8) is 0 Å². The van der Waals surface area contributed by atoms with E-state index >= 15 is 0 Å². The van der Waals surface area contributed by atoms with Gasteiger partial charge in [-0.1, -0.05) is 18.6 Å². The first kappa shape index (κ1) is 18.6. The Morgan fingerprint density at radius 3 is 2.77 bits per heavy atom. The van der Waals surface area contributed by atoms with E-state index in [0.717, 1.165) is 37.5 Å². The Hall–Kier alpha value is -2.21. The fraction of sp³-hybridized carbons (Fsp3) is 0.550. The van der Waals surface area contributed by atoms with Gasteiger partial charge in [-0.05, 0) is 56.5 Å². The molecule has 0 spiro atoms. The van der Waals surface area contributed by atoms with E-state index in [1.165, 1.54) is 37.9 Å².